The predicted molar refractivity (Wildman–Crippen MR) is 58.9 cm³/mol. The zero-order valence-electron chi connectivity index (χ0n) is 8.89. The second-order valence-electron chi connectivity index (χ2n) is 2.45. The van der Waals surface area contributed by atoms with Crippen molar-refractivity contribution in [3.8, 4) is 0 Å². The Morgan fingerprint density at radius 2 is 2.00 bits per heavy atom. The molecule has 2 nitrogen and oxygen atoms in total. The van der Waals surface area contributed by atoms with Crippen molar-refractivity contribution in [2.45, 2.75) is 27.7 Å². The molecule has 0 aliphatic heterocycles. The second kappa shape index (κ2) is 6.23. The summed E-state index contributed by atoms with van der Waals surface area (Å²) in [5.41, 5.74) is 2.41. The lowest BCUT2D eigenvalue weighted by Crippen LogP contribution is -1.95. The molecule has 0 amide bonds. The van der Waals surface area contributed by atoms with E-state index in [1.807, 2.05) is 26.8 Å². The summed E-state index contributed by atoms with van der Waals surface area (Å²) >= 11 is 0. The van der Waals surface area contributed by atoms with E-state index in [0.717, 1.165) is 5.82 Å². The molecule has 0 fully saturated rings. The van der Waals surface area contributed by atoms with Crippen LogP contribution in [0.25, 0.3) is 0 Å². The van der Waals surface area contributed by atoms with Crippen LogP contribution in [0.4, 0.5) is 5.82 Å². The highest BCUT2D eigenvalue weighted by atomic mass is 15.0. The molecule has 0 aromatic carbocycles. The highest BCUT2D eigenvalue weighted by molar-refractivity contribution is 5.48. The summed E-state index contributed by atoms with van der Waals surface area (Å²) in [6, 6.07) is 1.99. The molecule has 0 saturated heterocycles. The monoisotopic (exact) mass is 178 g/mol. The predicted octanol–water partition coefficient (Wildman–Crippen LogP) is 3.28. The Labute approximate surface area is 80.7 Å². The molecule has 0 bridgehead atoms. The van der Waals surface area contributed by atoms with Crippen LogP contribution < -0.4 is 5.32 Å². The number of anilines is 1. The maximum Gasteiger partial charge on any atom is 0.133 e. The first-order chi connectivity index (χ1) is 6.25. The highest BCUT2D eigenvalue weighted by Crippen LogP contribution is 2.13. The van der Waals surface area contributed by atoms with Crippen molar-refractivity contribution in [1.29, 1.82) is 0 Å². The van der Waals surface area contributed by atoms with E-state index in [1.54, 1.807) is 12.4 Å². The molecule has 0 unspecified atom stereocenters. The van der Waals surface area contributed by atoms with Gasteiger partial charge in [-0.15, -0.1) is 0 Å². The molecule has 2 heteroatoms. The molecule has 0 spiro atoms. The van der Waals surface area contributed by atoms with Gasteiger partial charge in [0.25, 0.3) is 0 Å². The number of hydrogen-bond donors (Lipinski definition) is 1. The first kappa shape index (κ1) is 11.7. The van der Waals surface area contributed by atoms with E-state index in [-0.39, 0.29) is 0 Å². The van der Waals surface area contributed by atoms with Gasteiger partial charge in [0.1, 0.15) is 5.82 Å². The van der Waals surface area contributed by atoms with Crippen LogP contribution in [-0.2, 0) is 0 Å². The number of nitrogens with one attached hydrogen (secondary N) is 1. The van der Waals surface area contributed by atoms with Crippen LogP contribution in [0.3, 0.4) is 0 Å². The molecule has 1 heterocycles. The van der Waals surface area contributed by atoms with Gasteiger partial charge in [0, 0.05) is 6.20 Å². The van der Waals surface area contributed by atoms with E-state index in [1.165, 1.54) is 11.1 Å². The summed E-state index contributed by atoms with van der Waals surface area (Å²) in [5.74, 6) is 0.889. The largest absolute Gasteiger partial charge is 0.347 e. The summed E-state index contributed by atoms with van der Waals surface area (Å²) in [6.07, 6.45) is 3.42. The van der Waals surface area contributed by atoms with E-state index in [0.29, 0.717) is 0 Å². The number of pyridine rings is 1. The van der Waals surface area contributed by atoms with Crippen molar-refractivity contribution in [1.82, 2.24) is 4.98 Å². The van der Waals surface area contributed by atoms with Gasteiger partial charge in [-0.2, -0.15) is 0 Å². The Kier molecular flexibility index (Phi) is 5.60. The molecule has 72 valence electrons. The third-order valence-electron chi connectivity index (χ3n) is 1.71. The summed E-state index contributed by atoms with van der Waals surface area (Å²) in [4.78, 5) is 4.15. The van der Waals surface area contributed by atoms with Crippen molar-refractivity contribution in [3.05, 3.63) is 36.2 Å². The van der Waals surface area contributed by atoms with Crippen LogP contribution >= 0.6 is 0 Å². The van der Waals surface area contributed by atoms with Crippen LogP contribution in [0, 0.1) is 13.8 Å². The third-order valence-corrected chi connectivity index (χ3v) is 1.71. The Balaban J connectivity index is 0.000000671. The molecule has 0 atom stereocenters. The lowest BCUT2D eigenvalue weighted by molar-refractivity contribution is 1.21. The average molecular weight is 178 g/mol. The van der Waals surface area contributed by atoms with E-state index in [9.17, 15) is 0 Å². The van der Waals surface area contributed by atoms with Gasteiger partial charge in [-0.25, -0.2) is 4.98 Å². The van der Waals surface area contributed by atoms with Crippen LogP contribution in [0.1, 0.15) is 25.0 Å². The molecule has 0 saturated carbocycles. The average Bonchev–Trinajstić information content (AvgIpc) is 2.17. The van der Waals surface area contributed by atoms with Gasteiger partial charge >= 0.3 is 0 Å². The van der Waals surface area contributed by atoms with E-state index < -0.39 is 0 Å². The van der Waals surface area contributed by atoms with Gasteiger partial charge in [-0.1, -0.05) is 20.4 Å². The first-order valence-electron chi connectivity index (χ1n) is 4.55. The highest BCUT2D eigenvalue weighted by Gasteiger charge is 1.97. The Bertz CT molecular complexity index is 267. The Morgan fingerprint density at radius 1 is 1.38 bits per heavy atom. The fraction of sp³-hybridized carbons (Fsp3) is 0.364. The molecular weight excluding hydrogens is 160 g/mol. The lowest BCUT2D eigenvalue weighted by Gasteiger charge is -2.05. The lowest BCUT2D eigenvalue weighted by atomic mass is 10.2. The van der Waals surface area contributed by atoms with Gasteiger partial charge in [-0.05, 0) is 37.2 Å². The van der Waals surface area contributed by atoms with Gasteiger partial charge in [0.15, 0.2) is 0 Å². The van der Waals surface area contributed by atoms with Crippen LogP contribution in [0.2, 0.25) is 0 Å². The Hall–Kier alpha value is -1.31. The van der Waals surface area contributed by atoms with Crippen LogP contribution in [0.5, 0.6) is 0 Å². The Morgan fingerprint density at radius 3 is 2.54 bits per heavy atom. The van der Waals surface area contributed by atoms with Gasteiger partial charge < -0.3 is 5.32 Å². The zero-order valence-corrected chi connectivity index (χ0v) is 8.89. The van der Waals surface area contributed by atoms with E-state index >= 15 is 0 Å². The first-order valence-corrected chi connectivity index (χ1v) is 4.55. The fourth-order valence-corrected chi connectivity index (χ4v) is 0.874. The van der Waals surface area contributed by atoms with Crippen LogP contribution in [-0.4, -0.2) is 4.98 Å². The van der Waals surface area contributed by atoms with E-state index in [4.69, 9.17) is 0 Å². The zero-order chi connectivity index (χ0) is 10.3. The summed E-state index contributed by atoms with van der Waals surface area (Å²) < 4.78 is 0. The van der Waals surface area contributed by atoms with Crippen molar-refractivity contribution >= 4 is 5.82 Å². The summed E-state index contributed by atoms with van der Waals surface area (Å²) in [7, 11) is 0. The summed E-state index contributed by atoms with van der Waals surface area (Å²) in [6.45, 7) is 11.7. The molecular formula is C11H18N2. The number of rotatable bonds is 2. The second-order valence-corrected chi connectivity index (χ2v) is 2.45. The van der Waals surface area contributed by atoms with Crippen molar-refractivity contribution in [3.63, 3.8) is 0 Å². The topological polar surface area (TPSA) is 24.9 Å². The number of nitrogens with zero attached hydrogens (tertiary/aromatic N) is 1. The standard InChI is InChI=1S/C9H12N2.C2H6/c1-4-10-9-8(3)7(2)5-6-11-9;1-2/h4-6H,1H2,2-3H3,(H,10,11);1-2H3. The molecule has 0 aliphatic rings. The smallest absolute Gasteiger partial charge is 0.133 e. The molecule has 0 radical (unpaired) electrons. The van der Waals surface area contributed by atoms with E-state index in [2.05, 4.69) is 23.8 Å². The molecule has 1 aromatic rings. The van der Waals surface area contributed by atoms with Gasteiger partial charge in [-0.3, -0.25) is 0 Å². The van der Waals surface area contributed by atoms with Crippen LogP contribution in [0.15, 0.2) is 25.0 Å². The number of hydrogen-bond acceptors (Lipinski definition) is 2. The van der Waals surface area contributed by atoms with Gasteiger partial charge in [0.2, 0.25) is 0 Å². The minimum atomic E-state index is 0.889. The molecule has 13 heavy (non-hydrogen) atoms. The SMILES string of the molecule is C=CNc1nccc(C)c1C.CC. The molecule has 1 aromatic heterocycles. The number of aromatic nitrogens is 1. The molecule has 1 N–H and O–H groups in total. The summed E-state index contributed by atoms with van der Waals surface area (Å²) in [5, 5.41) is 2.97. The minimum Gasteiger partial charge on any atom is -0.347 e. The number of aryl methyl sites for hydroxylation is 1. The van der Waals surface area contributed by atoms with Crippen molar-refractivity contribution in [2.24, 2.45) is 0 Å². The third kappa shape index (κ3) is 3.28. The minimum absolute atomic E-state index is 0.889. The quantitative estimate of drug-likeness (QED) is 0.751. The maximum absolute atomic E-state index is 4.15. The normalized spacial score (nSPS) is 8.31. The van der Waals surface area contributed by atoms with Crippen molar-refractivity contribution < 1.29 is 0 Å². The molecule has 0 aliphatic carbocycles. The van der Waals surface area contributed by atoms with Gasteiger partial charge in [0.05, 0.1) is 0 Å². The maximum atomic E-state index is 4.15. The fourth-order valence-electron chi connectivity index (χ4n) is 0.874. The van der Waals surface area contributed by atoms with Crippen molar-refractivity contribution in [2.75, 3.05) is 5.32 Å². The molecule has 1 rings (SSSR count).